The summed E-state index contributed by atoms with van der Waals surface area (Å²) < 4.78 is 39.9. The van der Waals surface area contributed by atoms with Crippen LogP contribution in [-0.4, -0.2) is 22.6 Å². The van der Waals surface area contributed by atoms with E-state index in [9.17, 15) is 13.2 Å². The third-order valence-corrected chi connectivity index (χ3v) is 5.04. The van der Waals surface area contributed by atoms with Crippen LogP contribution in [0.15, 0.2) is 59.6 Å². The van der Waals surface area contributed by atoms with E-state index < -0.39 is 11.7 Å². The molecule has 2 aromatic carbocycles. The first-order valence-corrected chi connectivity index (χ1v) is 10.1. The lowest BCUT2D eigenvalue weighted by atomic mass is 10.1. The average molecular weight is 418 g/mol. The Labute approximate surface area is 171 Å². The SMILES string of the molecule is CCCCN=C(Cc1ccccc1)Nc1nnc(-c2ccccc2C(F)(F)F)s1. The highest BCUT2D eigenvalue weighted by atomic mass is 32.1. The predicted octanol–water partition coefficient (Wildman–Crippen LogP) is 6.08. The Morgan fingerprint density at radius 2 is 1.76 bits per heavy atom. The van der Waals surface area contributed by atoms with E-state index >= 15 is 0 Å². The molecule has 0 bridgehead atoms. The number of rotatable bonds is 7. The Balaban J connectivity index is 1.82. The summed E-state index contributed by atoms with van der Waals surface area (Å²) in [7, 11) is 0. The number of hydrogen-bond donors (Lipinski definition) is 1. The first kappa shape index (κ1) is 21.0. The van der Waals surface area contributed by atoms with Crippen molar-refractivity contribution in [3.8, 4) is 10.6 Å². The summed E-state index contributed by atoms with van der Waals surface area (Å²) in [6.07, 6.45) is -1.88. The van der Waals surface area contributed by atoms with Crippen LogP contribution >= 0.6 is 11.3 Å². The normalized spacial score (nSPS) is 12.2. The van der Waals surface area contributed by atoms with Crippen molar-refractivity contribution in [1.29, 1.82) is 0 Å². The quantitative estimate of drug-likeness (QED) is 0.287. The second-order valence-corrected chi connectivity index (χ2v) is 7.40. The molecule has 152 valence electrons. The molecule has 1 aromatic heterocycles. The standard InChI is InChI=1S/C21H21F3N4S/c1-2-3-13-25-18(14-15-9-5-4-6-10-15)26-20-28-27-19(29-20)16-11-7-8-12-17(16)21(22,23)24/h4-12H,2-3,13-14H2,1H3,(H,25,26,28). The third-order valence-electron chi connectivity index (χ3n) is 4.17. The number of anilines is 1. The molecule has 4 nitrogen and oxygen atoms in total. The van der Waals surface area contributed by atoms with E-state index in [4.69, 9.17) is 0 Å². The Morgan fingerprint density at radius 1 is 1.03 bits per heavy atom. The van der Waals surface area contributed by atoms with Gasteiger partial charge in [0.2, 0.25) is 5.13 Å². The molecule has 29 heavy (non-hydrogen) atoms. The summed E-state index contributed by atoms with van der Waals surface area (Å²) in [5.74, 6) is 0.719. The molecule has 0 spiro atoms. The van der Waals surface area contributed by atoms with Gasteiger partial charge in [0.05, 0.1) is 5.56 Å². The van der Waals surface area contributed by atoms with Gasteiger partial charge in [-0.1, -0.05) is 73.2 Å². The molecule has 0 unspecified atom stereocenters. The number of nitrogens with zero attached hydrogens (tertiary/aromatic N) is 3. The summed E-state index contributed by atoms with van der Waals surface area (Å²) in [6, 6.07) is 15.2. The third kappa shape index (κ3) is 5.87. The number of amidine groups is 1. The van der Waals surface area contributed by atoms with Crippen LogP contribution in [0.25, 0.3) is 10.6 Å². The van der Waals surface area contributed by atoms with Gasteiger partial charge >= 0.3 is 6.18 Å². The predicted molar refractivity (Wildman–Crippen MR) is 111 cm³/mol. The van der Waals surface area contributed by atoms with Gasteiger partial charge in [-0.2, -0.15) is 13.2 Å². The van der Waals surface area contributed by atoms with Gasteiger partial charge in [-0.05, 0) is 18.1 Å². The lowest BCUT2D eigenvalue weighted by Gasteiger charge is -2.10. The average Bonchev–Trinajstić information content (AvgIpc) is 3.17. The van der Waals surface area contributed by atoms with Crippen molar-refractivity contribution in [2.75, 3.05) is 11.9 Å². The van der Waals surface area contributed by atoms with Crippen LogP contribution in [-0.2, 0) is 12.6 Å². The van der Waals surface area contributed by atoms with Crippen molar-refractivity contribution < 1.29 is 13.2 Å². The highest BCUT2D eigenvalue weighted by molar-refractivity contribution is 7.18. The zero-order valence-corrected chi connectivity index (χ0v) is 16.7. The number of benzene rings is 2. The largest absolute Gasteiger partial charge is 0.417 e. The fourth-order valence-electron chi connectivity index (χ4n) is 2.72. The topological polar surface area (TPSA) is 50.2 Å². The van der Waals surface area contributed by atoms with Gasteiger partial charge < -0.3 is 5.32 Å². The van der Waals surface area contributed by atoms with Crippen LogP contribution in [0.5, 0.6) is 0 Å². The van der Waals surface area contributed by atoms with E-state index in [0.717, 1.165) is 41.6 Å². The van der Waals surface area contributed by atoms with Gasteiger partial charge in [0.25, 0.3) is 0 Å². The summed E-state index contributed by atoms with van der Waals surface area (Å²) in [5.41, 5.74) is 0.393. The van der Waals surface area contributed by atoms with Gasteiger partial charge in [-0.15, -0.1) is 10.2 Å². The molecule has 8 heteroatoms. The molecule has 3 rings (SSSR count). The monoisotopic (exact) mass is 418 g/mol. The van der Waals surface area contributed by atoms with Crippen molar-refractivity contribution in [2.45, 2.75) is 32.4 Å². The maximum Gasteiger partial charge on any atom is 0.417 e. The molecule has 0 aliphatic rings. The summed E-state index contributed by atoms with van der Waals surface area (Å²) >= 11 is 1.08. The highest BCUT2D eigenvalue weighted by Crippen LogP contribution is 2.38. The van der Waals surface area contributed by atoms with Gasteiger partial charge in [-0.25, -0.2) is 0 Å². The molecule has 3 aromatic rings. The van der Waals surface area contributed by atoms with E-state index in [1.165, 1.54) is 12.1 Å². The molecular weight excluding hydrogens is 397 g/mol. The second kappa shape index (κ2) is 9.65. The number of unbranched alkanes of at least 4 members (excludes halogenated alkanes) is 1. The van der Waals surface area contributed by atoms with Crippen LogP contribution in [0, 0.1) is 0 Å². The second-order valence-electron chi connectivity index (χ2n) is 6.43. The lowest BCUT2D eigenvalue weighted by Crippen LogP contribution is -2.16. The van der Waals surface area contributed by atoms with E-state index in [1.807, 2.05) is 30.3 Å². The molecule has 0 fully saturated rings. The van der Waals surface area contributed by atoms with E-state index in [1.54, 1.807) is 6.07 Å². The molecular formula is C21H21F3N4S. The Bertz CT molecular complexity index is 952. The summed E-state index contributed by atoms with van der Waals surface area (Å²) in [4.78, 5) is 4.61. The summed E-state index contributed by atoms with van der Waals surface area (Å²) in [5, 5.41) is 11.8. The molecule has 1 heterocycles. The molecule has 0 aliphatic carbocycles. The maximum absolute atomic E-state index is 13.3. The van der Waals surface area contributed by atoms with Crippen LogP contribution in [0.4, 0.5) is 18.3 Å². The smallest absolute Gasteiger partial charge is 0.318 e. The van der Waals surface area contributed by atoms with E-state index in [0.29, 0.717) is 18.1 Å². The fourth-order valence-corrected chi connectivity index (χ4v) is 3.53. The molecule has 0 atom stereocenters. The minimum absolute atomic E-state index is 0.0260. The number of halogens is 3. The molecule has 0 amide bonds. The molecule has 0 saturated carbocycles. The van der Waals surface area contributed by atoms with Gasteiger partial charge in [0.15, 0.2) is 0 Å². The minimum Gasteiger partial charge on any atom is -0.318 e. The number of hydrogen-bond acceptors (Lipinski definition) is 4. The first-order chi connectivity index (χ1) is 14.0. The number of nitrogens with one attached hydrogen (secondary N) is 1. The van der Waals surface area contributed by atoms with Crippen molar-refractivity contribution >= 4 is 22.3 Å². The van der Waals surface area contributed by atoms with Crippen LogP contribution in [0.3, 0.4) is 0 Å². The number of aromatic nitrogens is 2. The van der Waals surface area contributed by atoms with Gasteiger partial charge in [0, 0.05) is 18.5 Å². The molecule has 0 aliphatic heterocycles. The summed E-state index contributed by atoms with van der Waals surface area (Å²) in [6.45, 7) is 2.77. The van der Waals surface area contributed by atoms with Crippen molar-refractivity contribution in [2.24, 2.45) is 4.99 Å². The van der Waals surface area contributed by atoms with Crippen LogP contribution in [0.1, 0.15) is 30.9 Å². The maximum atomic E-state index is 13.3. The van der Waals surface area contributed by atoms with Crippen molar-refractivity contribution in [3.05, 3.63) is 65.7 Å². The van der Waals surface area contributed by atoms with Crippen molar-refractivity contribution in [3.63, 3.8) is 0 Å². The minimum atomic E-state index is -4.45. The van der Waals surface area contributed by atoms with Crippen LogP contribution < -0.4 is 5.32 Å². The Morgan fingerprint density at radius 3 is 2.48 bits per heavy atom. The molecule has 0 saturated heterocycles. The number of aliphatic imine (C=N–C) groups is 1. The zero-order valence-electron chi connectivity index (χ0n) is 15.9. The molecule has 1 N–H and O–H groups in total. The van der Waals surface area contributed by atoms with E-state index in [2.05, 4.69) is 27.4 Å². The zero-order chi connectivity index (χ0) is 20.7. The Hall–Kier alpha value is -2.74. The number of alkyl halides is 3. The molecule has 0 radical (unpaired) electrons. The van der Waals surface area contributed by atoms with E-state index in [-0.39, 0.29) is 10.6 Å². The van der Waals surface area contributed by atoms with Crippen LogP contribution in [0.2, 0.25) is 0 Å². The first-order valence-electron chi connectivity index (χ1n) is 9.31. The Kier molecular flexibility index (Phi) is 6.98. The fraction of sp³-hybridized carbons (Fsp3) is 0.286. The van der Waals surface area contributed by atoms with Crippen molar-refractivity contribution in [1.82, 2.24) is 10.2 Å². The van der Waals surface area contributed by atoms with Gasteiger partial charge in [-0.3, -0.25) is 4.99 Å². The van der Waals surface area contributed by atoms with Gasteiger partial charge in [0.1, 0.15) is 10.8 Å². The highest BCUT2D eigenvalue weighted by Gasteiger charge is 2.34. The lowest BCUT2D eigenvalue weighted by molar-refractivity contribution is -0.137.